The van der Waals surface area contributed by atoms with Crippen LogP contribution < -0.4 is 10.5 Å². The molecule has 3 rings (SSSR count). The van der Waals surface area contributed by atoms with E-state index in [9.17, 15) is 0 Å². The number of anilines is 1. The molecule has 0 saturated heterocycles. The Kier molecular flexibility index (Phi) is 3.73. The number of methoxy groups -OCH3 is 1. The van der Waals surface area contributed by atoms with Crippen LogP contribution in [0.1, 0.15) is 0 Å². The molecule has 0 fully saturated rings. The molecule has 2 N–H and O–H groups in total. The lowest BCUT2D eigenvalue weighted by molar-refractivity contribution is 0.416. The summed E-state index contributed by atoms with van der Waals surface area (Å²) in [5, 5.41) is 6.63. The number of hydrogen-bond donors (Lipinski definition) is 1. The number of para-hydroxylation sites is 1. The van der Waals surface area contributed by atoms with E-state index < -0.39 is 0 Å². The minimum Gasteiger partial charge on any atom is -0.496 e. The van der Waals surface area contributed by atoms with Crippen molar-refractivity contribution in [3.05, 3.63) is 39.5 Å². The monoisotopic (exact) mass is 363 g/mol. The molecule has 0 bridgehead atoms. The second kappa shape index (κ2) is 5.54. The standard InChI is InChI=1S/C15H14BrN3OS/c1-19-15(17)13(10-5-3-4-6-11(10)20-2)14(18-19)9-7-12(16)21-8-9/h3-8H,17H2,1-2H3. The van der Waals surface area contributed by atoms with Crippen molar-refractivity contribution in [2.75, 3.05) is 12.8 Å². The van der Waals surface area contributed by atoms with Crippen LogP contribution in [0, 0.1) is 0 Å². The van der Waals surface area contributed by atoms with Crippen molar-refractivity contribution in [2.45, 2.75) is 0 Å². The Morgan fingerprint density at radius 2 is 2.10 bits per heavy atom. The molecule has 0 saturated carbocycles. The van der Waals surface area contributed by atoms with Crippen molar-refractivity contribution in [1.29, 1.82) is 0 Å². The van der Waals surface area contributed by atoms with Crippen LogP contribution in [0.25, 0.3) is 22.4 Å². The SMILES string of the molecule is COc1ccccc1-c1c(-c2csc(Br)c2)nn(C)c1N. The molecule has 4 nitrogen and oxygen atoms in total. The minimum atomic E-state index is 0.622. The van der Waals surface area contributed by atoms with Gasteiger partial charge in [-0.1, -0.05) is 18.2 Å². The Bertz CT molecular complexity index is 794. The molecular formula is C15H14BrN3OS. The van der Waals surface area contributed by atoms with Gasteiger partial charge in [-0.2, -0.15) is 5.10 Å². The van der Waals surface area contributed by atoms with Crippen molar-refractivity contribution >= 4 is 33.1 Å². The molecule has 0 radical (unpaired) electrons. The molecule has 0 amide bonds. The maximum atomic E-state index is 6.24. The van der Waals surface area contributed by atoms with E-state index in [2.05, 4.69) is 26.4 Å². The smallest absolute Gasteiger partial charge is 0.130 e. The molecule has 1 aromatic carbocycles. The first-order chi connectivity index (χ1) is 10.1. The highest BCUT2D eigenvalue weighted by Gasteiger charge is 2.20. The van der Waals surface area contributed by atoms with Gasteiger partial charge in [0.05, 0.1) is 16.5 Å². The predicted molar refractivity (Wildman–Crippen MR) is 90.6 cm³/mol. The Hall–Kier alpha value is -1.79. The second-order valence-corrected chi connectivity index (χ2v) is 6.86. The topological polar surface area (TPSA) is 53.1 Å². The largest absolute Gasteiger partial charge is 0.496 e. The highest BCUT2D eigenvalue weighted by molar-refractivity contribution is 9.11. The van der Waals surface area contributed by atoms with E-state index in [4.69, 9.17) is 10.5 Å². The number of nitrogens with zero attached hydrogens (tertiary/aromatic N) is 2. The van der Waals surface area contributed by atoms with Gasteiger partial charge in [-0.3, -0.25) is 4.68 Å². The summed E-state index contributed by atoms with van der Waals surface area (Å²) < 4.78 is 8.22. The van der Waals surface area contributed by atoms with Crippen LogP contribution in [0.15, 0.2) is 39.5 Å². The third kappa shape index (κ3) is 2.45. The van der Waals surface area contributed by atoms with Gasteiger partial charge in [-0.25, -0.2) is 0 Å². The average Bonchev–Trinajstić information content (AvgIpc) is 3.04. The summed E-state index contributed by atoms with van der Waals surface area (Å²) >= 11 is 5.12. The summed E-state index contributed by atoms with van der Waals surface area (Å²) in [4.78, 5) is 0. The summed E-state index contributed by atoms with van der Waals surface area (Å²) in [6.45, 7) is 0. The van der Waals surface area contributed by atoms with E-state index in [0.717, 1.165) is 31.9 Å². The number of aryl methyl sites for hydroxylation is 1. The van der Waals surface area contributed by atoms with E-state index >= 15 is 0 Å². The fourth-order valence-corrected chi connectivity index (χ4v) is 3.43. The molecule has 0 aliphatic carbocycles. The lowest BCUT2D eigenvalue weighted by Crippen LogP contribution is -1.98. The highest BCUT2D eigenvalue weighted by Crippen LogP contribution is 2.41. The van der Waals surface area contributed by atoms with Crippen LogP contribution in [0.4, 0.5) is 5.82 Å². The first kappa shape index (κ1) is 14.2. The second-order valence-electron chi connectivity index (χ2n) is 4.57. The summed E-state index contributed by atoms with van der Waals surface area (Å²) in [5.74, 6) is 1.41. The number of aromatic nitrogens is 2. The zero-order valence-electron chi connectivity index (χ0n) is 11.6. The maximum absolute atomic E-state index is 6.24. The molecule has 21 heavy (non-hydrogen) atoms. The third-order valence-electron chi connectivity index (χ3n) is 3.31. The highest BCUT2D eigenvalue weighted by atomic mass is 79.9. The molecule has 0 aliphatic heterocycles. The molecule has 0 atom stereocenters. The van der Waals surface area contributed by atoms with Crippen molar-refractivity contribution < 1.29 is 4.74 Å². The number of thiophene rings is 1. The van der Waals surface area contributed by atoms with Gasteiger partial charge < -0.3 is 10.5 Å². The number of benzene rings is 1. The number of halogens is 1. The van der Waals surface area contributed by atoms with Crippen LogP contribution in [0.3, 0.4) is 0 Å². The van der Waals surface area contributed by atoms with Crippen LogP contribution in [0.2, 0.25) is 0 Å². The molecule has 6 heteroatoms. The summed E-state index contributed by atoms with van der Waals surface area (Å²) in [6, 6.07) is 9.88. The van der Waals surface area contributed by atoms with Crippen molar-refractivity contribution in [1.82, 2.24) is 9.78 Å². The number of nitrogen functional groups attached to an aromatic ring is 1. The molecule has 0 spiro atoms. The molecule has 2 heterocycles. The summed E-state index contributed by atoms with van der Waals surface area (Å²) in [5.41, 5.74) is 9.99. The van der Waals surface area contributed by atoms with Gasteiger partial charge in [-0.15, -0.1) is 11.3 Å². The first-order valence-electron chi connectivity index (χ1n) is 6.32. The van der Waals surface area contributed by atoms with E-state index in [1.54, 1.807) is 23.1 Å². The van der Waals surface area contributed by atoms with Crippen LogP contribution in [-0.2, 0) is 7.05 Å². The zero-order chi connectivity index (χ0) is 15.0. The lowest BCUT2D eigenvalue weighted by atomic mass is 10.0. The number of nitrogens with two attached hydrogens (primary N) is 1. The van der Waals surface area contributed by atoms with Gasteiger partial charge >= 0.3 is 0 Å². The maximum Gasteiger partial charge on any atom is 0.130 e. The van der Waals surface area contributed by atoms with Gasteiger partial charge in [0.25, 0.3) is 0 Å². The number of ether oxygens (including phenoxy) is 1. The Balaban J connectivity index is 2.27. The number of rotatable bonds is 3. The van der Waals surface area contributed by atoms with Crippen LogP contribution in [-0.4, -0.2) is 16.9 Å². The summed E-state index contributed by atoms with van der Waals surface area (Å²) in [7, 11) is 3.51. The predicted octanol–water partition coefficient (Wildman–Crippen LogP) is 4.17. The molecule has 2 aromatic heterocycles. The molecule has 0 aliphatic rings. The van der Waals surface area contributed by atoms with Gasteiger partial charge in [0.2, 0.25) is 0 Å². The van der Waals surface area contributed by atoms with Crippen molar-refractivity contribution in [2.24, 2.45) is 7.05 Å². The Morgan fingerprint density at radius 1 is 1.33 bits per heavy atom. The average molecular weight is 364 g/mol. The molecule has 0 unspecified atom stereocenters. The zero-order valence-corrected chi connectivity index (χ0v) is 14.0. The van der Waals surface area contributed by atoms with Crippen molar-refractivity contribution in [3.63, 3.8) is 0 Å². The van der Waals surface area contributed by atoms with E-state index in [-0.39, 0.29) is 0 Å². The fourth-order valence-electron chi connectivity index (χ4n) is 2.29. The van der Waals surface area contributed by atoms with Crippen LogP contribution in [0.5, 0.6) is 5.75 Å². The van der Waals surface area contributed by atoms with Gasteiger partial charge in [0.1, 0.15) is 17.3 Å². The van der Waals surface area contributed by atoms with Gasteiger partial charge in [0, 0.05) is 23.6 Å². The van der Waals surface area contributed by atoms with Gasteiger partial charge in [0.15, 0.2) is 0 Å². The summed E-state index contributed by atoms with van der Waals surface area (Å²) in [6.07, 6.45) is 0. The quantitative estimate of drug-likeness (QED) is 0.759. The van der Waals surface area contributed by atoms with Gasteiger partial charge in [-0.05, 0) is 28.1 Å². The Morgan fingerprint density at radius 3 is 2.76 bits per heavy atom. The first-order valence-corrected chi connectivity index (χ1v) is 7.99. The normalized spacial score (nSPS) is 10.8. The third-order valence-corrected chi connectivity index (χ3v) is 4.81. The molecule has 3 aromatic rings. The lowest BCUT2D eigenvalue weighted by Gasteiger charge is -2.09. The molecular weight excluding hydrogens is 350 g/mol. The molecule has 108 valence electrons. The van der Waals surface area contributed by atoms with E-state index in [1.807, 2.05) is 37.4 Å². The van der Waals surface area contributed by atoms with Crippen molar-refractivity contribution in [3.8, 4) is 28.1 Å². The van der Waals surface area contributed by atoms with Crippen LogP contribution >= 0.6 is 27.3 Å². The van der Waals surface area contributed by atoms with E-state index in [1.165, 1.54) is 0 Å². The Labute approximate surface area is 135 Å². The fraction of sp³-hybridized carbons (Fsp3) is 0.133. The van der Waals surface area contributed by atoms with E-state index in [0.29, 0.717) is 5.82 Å². The minimum absolute atomic E-state index is 0.622. The number of hydrogen-bond acceptors (Lipinski definition) is 4.